The molecule has 0 spiro atoms. The van der Waals surface area contributed by atoms with Crippen LogP contribution in [0.15, 0.2) is 78.0 Å². The fourth-order valence-electron chi connectivity index (χ4n) is 3.04. The van der Waals surface area contributed by atoms with Crippen LogP contribution in [0.4, 0.5) is 5.69 Å². The number of aryl methyl sites for hydroxylation is 1. The zero-order valence-electron chi connectivity index (χ0n) is 18.1. The van der Waals surface area contributed by atoms with E-state index < -0.39 is 16.1 Å². The van der Waals surface area contributed by atoms with Crippen molar-refractivity contribution in [2.45, 2.75) is 30.8 Å². The highest BCUT2D eigenvalue weighted by Crippen LogP contribution is 2.17. The van der Waals surface area contributed by atoms with Crippen molar-refractivity contribution < 1.29 is 18.3 Å². The van der Waals surface area contributed by atoms with Crippen LogP contribution in [0.3, 0.4) is 0 Å². The summed E-state index contributed by atoms with van der Waals surface area (Å²) in [4.78, 5) is 4.20. The van der Waals surface area contributed by atoms with E-state index in [2.05, 4.69) is 15.0 Å². The minimum Gasteiger partial charge on any atom is -0.489 e. The van der Waals surface area contributed by atoms with Crippen molar-refractivity contribution in [2.75, 3.05) is 24.4 Å². The van der Waals surface area contributed by atoms with Gasteiger partial charge in [-0.1, -0.05) is 31.2 Å². The Morgan fingerprint density at radius 1 is 1.03 bits per heavy atom. The lowest BCUT2D eigenvalue weighted by Crippen LogP contribution is -2.32. The van der Waals surface area contributed by atoms with Crippen molar-refractivity contribution in [1.82, 2.24) is 10.3 Å². The standard InChI is InChI=1S/C24H29N3O4S/c1-2-19-7-11-24(12-8-19)32(29,30)27-21-9-5-20(6-10-21)13-15-26-16-22(28)18-31-23-4-3-14-25-17-23/h3-12,14,17,22,26-28H,2,13,15-16,18H2,1H3/t22-/m0/s1. The molecule has 0 saturated heterocycles. The average Bonchev–Trinajstić information content (AvgIpc) is 2.82. The van der Waals surface area contributed by atoms with E-state index in [0.29, 0.717) is 24.5 Å². The molecule has 3 N–H and O–H groups in total. The number of aromatic nitrogens is 1. The van der Waals surface area contributed by atoms with E-state index in [1.165, 1.54) is 0 Å². The first-order chi connectivity index (χ1) is 15.5. The van der Waals surface area contributed by atoms with Gasteiger partial charge in [-0.15, -0.1) is 0 Å². The smallest absolute Gasteiger partial charge is 0.261 e. The first kappa shape index (κ1) is 23.7. The Bertz CT molecular complexity index is 1060. The monoisotopic (exact) mass is 455 g/mol. The van der Waals surface area contributed by atoms with Crippen molar-refractivity contribution in [2.24, 2.45) is 0 Å². The van der Waals surface area contributed by atoms with E-state index >= 15 is 0 Å². The van der Waals surface area contributed by atoms with Crippen molar-refractivity contribution in [3.8, 4) is 5.75 Å². The maximum absolute atomic E-state index is 12.5. The van der Waals surface area contributed by atoms with Gasteiger partial charge in [0.15, 0.2) is 0 Å². The van der Waals surface area contributed by atoms with Crippen molar-refractivity contribution in [3.63, 3.8) is 0 Å². The summed E-state index contributed by atoms with van der Waals surface area (Å²) >= 11 is 0. The highest BCUT2D eigenvalue weighted by molar-refractivity contribution is 7.92. The first-order valence-corrected chi connectivity index (χ1v) is 12.1. The van der Waals surface area contributed by atoms with Gasteiger partial charge in [-0.3, -0.25) is 9.71 Å². The van der Waals surface area contributed by atoms with Gasteiger partial charge in [0.25, 0.3) is 10.0 Å². The Labute approximate surface area is 189 Å². The molecule has 0 fully saturated rings. The predicted molar refractivity (Wildman–Crippen MR) is 125 cm³/mol. The van der Waals surface area contributed by atoms with E-state index in [1.54, 1.807) is 48.8 Å². The van der Waals surface area contributed by atoms with E-state index in [9.17, 15) is 13.5 Å². The molecular formula is C24H29N3O4S. The number of anilines is 1. The number of sulfonamides is 1. The summed E-state index contributed by atoms with van der Waals surface area (Å²) in [6, 6.07) is 17.8. The second kappa shape index (κ2) is 11.6. The third kappa shape index (κ3) is 7.33. The first-order valence-electron chi connectivity index (χ1n) is 10.6. The van der Waals surface area contributed by atoms with Crippen molar-refractivity contribution in [1.29, 1.82) is 0 Å². The summed E-state index contributed by atoms with van der Waals surface area (Å²) in [6.45, 7) is 3.31. The SMILES string of the molecule is CCc1ccc(S(=O)(=O)Nc2ccc(CCNC[C@H](O)COc3cccnc3)cc2)cc1. The second-order valence-corrected chi connectivity index (χ2v) is 9.09. The van der Waals surface area contributed by atoms with E-state index in [4.69, 9.17) is 4.74 Å². The Balaban J connectivity index is 1.40. The summed E-state index contributed by atoms with van der Waals surface area (Å²) in [7, 11) is -3.61. The number of nitrogens with zero attached hydrogens (tertiary/aromatic N) is 1. The molecule has 0 radical (unpaired) electrons. The molecule has 2 aromatic carbocycles. The number of ether oxygens (including phenoxy) is 1. The molecule has 3 aromatic rings. The lowest BCUT2D eigenvalue weighted by Gasteiger charge is -2.13. The molecule has 7 nitrogen and oxygen atoms in total. The molecule has 1 atom stereocenters. The topological polar surface area (TPSA) is 101 Å². The van der Waals surface area contributed by atoms with Crippen LogP contribution in [0.25, 0.3) is 0 Å². The van der Waals surface area contributed by atoms with Gasteiger partial charge < -0.3 is 15.2 Å². The van der Waals surface area contributed by atoms with Crippen LogP contribution in [-0.4, -0.2) is 44.3 Å². The molecule has 0 bridgehead atoms. The number of hydrogen-bond donors (Lipinski definition) is 3. The minimum absolute atomic E-state index is 0.189. The lowest BCUT2D eigenvalue weighted by molar-refractivity contribution is 0.106. The normalized spacial score (nSPS) is 12.3. The molecule has 0 unspecified atom stereocenters. The Morgan fingerprint density at radius 3 is 2.41 bits per heavy atom. The van der Waals surface area contributed by atoms with Gasteiger partial charge in [-0.25, -0.2) is 8.42 Å². The molecule has 0 aliphatic carbocycles. The fourth-order valence-corrected chi connectivity index (χ4v) is 4.10. The van der Waals surface area contributed by atoms with E-state index in [1.807, 2.05) is 31.2 Å². The summed E-state index contributed by atoms with van der Waals surface area (Å²) in [5, 5.41) is 13.2. The molecule has 3 rings (SSSR count). The third-order valence-corrected chi connectivity index (χ3v) is 6.29. The Hall–Kier alpha value is -2.94. The van der Waals surface area contributed by atoms with Crippen LogP contribution < -0.4 is 14.8 Å². The van der Waals surface area contributed by atoms with Gasteiger partial charge in [0.2, 0.25) is 0 Å². The van der Waals surface area contributed by atoms with Gasteiger partial charge in [0, 0.05) is 18.4 Å². The van der Waals surface area contributed by atoms with E-state index in [0.717, 1.165) is 24.0 Å². The largest absolute Gasteiger partial charge is 0.489 e. The van der Waals surface area contributed by atoms with Crippen molar-refractivity contribution >= 4 is 15.7 Å². The maximum Gasteiger partial charge on any atom is 0.261 e. The number of nitrogens with one attached hydrogen (secondary N) is 2. The number of aliphatic hydroxyl groups is 1. The van der Waals surface area contributed by atoms with Gasteiger partial charge in [0.05, 0.1) is 11.1 Å². The molecule has 0 aliphatic heterocycles. The van der Waals surface area contributed by atoms with Crippen LogP contribution in [0.2, 0.25) is 0 Å². The maximum atomic E-state index is 12.5. The van der Waals surface area contributed by atoms with Crippen LogP contribution in [-0.2, 0) is 22.9 Å². The number of rotatable bonds is 12. The fraction of sp³-hybridized carbons (Fsp3) is 0.292. The molecular weight excluding hydrogens is 426 g/mol. The number of aliphatic hydroxyl groups excluding tert-OH is 1. The molecule has 32 heavy (non-hydrogen) atoms. The summed E-state index contributed by atoms with van der Waals surface area (Å²) in [6.07, 6.45) is 4.26. The molecule has 0 saturated carbocycles. The third-order valence-electron chi connectivity index (χ3n) is 4.90. The summed E-state index contributed by atoms with van der Waals surface area (Å²) < 4.78 is 33.2. The number of pyridine rings is 1. The van der Waals surface area contributed by atoms with Gasteiger partial charge in [-0.2, -0.15) is 0 Å². The van der Waals surface area contributed by atoms with Crippen LogP contribution in [0.1, 0.15) is 18.1 Å². The molecule has 8 heteroatoms. The summed E-state index contributed by atoms with van der Waals surface area (Å²) in [5.41, 5.74) is 2.67. The molecule has 0 aliphatic rings. The van der Waals surface area contributed by atoms with Crippen LogP contribution in [0, 0.1) is 0 Å². The molecule has 0 amide bonds. The molecule has 170 valence electrons. The number of benzene rings is 2. The van der Waals surface area contributed by atoms with Crippen LogP contribution in [0.5, 0.6) is 5.75 Å². The van der Waals surface area contributed by atoms with Crippen LogP contribution >= 0.6 is 0 Å². The summed E-state index contributed by atoms with van der Waals surface area (Å²) in [5.74, 6) is 0.625. The highest BCUT2D eigenvalue weighted by atomic mass is 32.2. The van der Waals surface area contributed by atoms with Gasteiger partial charge in [0.1, 0.15) is 18.5 Å². The predicted octanol–water partition coefficient (Wildman–Crippen LogP) is 3.02. The molecule has 1 aromatic heterocycles. The lowest BCUT2D eigenvalue weighted by atomic mass is 10.1. The zero-order chi connectivity index (χ0) is 22.8. The quantitative estimate of drug-likeness (QED) is 0.363. The number of hydrogen-bond acceptors (Lipinski definition) is 6. The second-order valence-electron chi connectivity index (χ2n) is 7.41. The average molecular weight is 456 g/mol. The highest BCUT2D eigenvalue weighted by Gasteiger charge is 2.14. The van der Waals surface area contributed by atoms with Gasteiger partial charge >= 0.3 is 0 Å². The van der Waals surface area contributed by atoms with E-state index in [-0.39, 0.29) is 11.5 Å². The molecule has 1 heterocycles. The minimum atomic E-state index is -3.61. The Morgan fingerprint density at radius 2 is 1.75 bits per heavy atom. The van der Waals surface area contributed by atoms with Crippen molar-refractivity contribution in [3.05, 3.63) is 84.2 Å². The van der Waals surface area contributed by atoms with Gasteiger partial charge in [-0.05, 0) is 66.9 Å². The zero-order valence-corrected chi connectivity index (χ0v) is 18.9. The Kier molecular flexibility index (Phi) is 8.61.